The zero-order valence-corrected chi connectivity index (χ0v) is 13.7. The van der Waals surface area contributed by atoms with Crippen molar-refractivity contribution < 1.29 is 48.5 Å². The van der Waals surface area contributed by atoms with Crippen LogP contribution in [0.15, 0.2) is 36.7 Å². The molecule has 0 amide bonds. The molecular formula is C16H18NO9+. The van der Waals surface area contributed by atoms with Crippen LogP contribution in [-0.2, 0) is 23.8 Å². The quantitative estimate of drug-likeness (QED) is 0.312. The van der Waals surface area contributed by atoms with Gasteiger partial charge in [0, 0.05) is 18.2 Å². The van der Waals surface area contributed by atoms with E-state index in [0.29, 0.717) is 0 Å². The van der Waals surface area contributed by atoms with Gasteiger partial charge in [-0.3, -0.25) is 0 Å². The lowest BCUT2D eigenvalue weighted by Gasteiger charge is -2.12. The highest BCUT2D eigenvalue weighted by Crippen LogP contribution is 2.25. The summed E-state index contributed by atoms with van der Waals surface area (Å²) >= 11 is 0. The lowest BCUT2D eigenvalue weighted by molar-refractivity contribution is -0.765. The van der Waals surface area contributed by atoms with Crippen LogP contribution in [-0.4, -0.2) is 65.3 Å². The number of nitrogens with zero attached hydrogens (tertiary/aromatic N) is 1. The number of aromatic carboxylic acids is 1. The first kappa shape index (κ1) is 19.5. The highest BCUT2D eigenvalue weighted by molar-refractivity contribution is 5.91. The first-order valence-electron chi connectivity index (χ1n) is 7.52. The number of rotatable bonds is 6. The van der Waals surface area contributed by atoms with Crippen molar-refractivity contribution in [2.45, 2.75) is 24.5 Å². The topological polar surface area (TPSA) is 143 Å². The van der Waals surface area contributed by atoms with Crippen LogP contribution in [0.2, 0.25) is 0 Å². The van der Waals surface area contributed by atoms with Crippen LogP contribution in [0.25, 0.3) is 0 Å². The highest BCUT2D eigenvalue weighted by Gasteiger charge is 2.48. The van der Waals surface area contributed by atoms with Crippen molar-refractivity contribution in [2.75, 3.05) is 13.7 Å². The molecule has 10 heteroatoms. The summed E-state index contributed by atoms with van der Waals surface area (Å²) in [6, 6.07) is 2.82. The number of aromatic nitrogens is 1. The van der Waals surface area contributed by atoms with Crippen LogP contribution < -0.4 is 4.57 Å². The molecule has 1 aliphatic rings. The number of ether oxygens (including phenoxy) is 3. The van der Waals surface area contributed by atoms with E-state index >= 15 is 0 Å². The monoisotopic (exact) mass is 368 g/mol. The third-order valence-electron chi connectivity index (χ3n) is 3.65. The number of hydrogen-bond acceptors (Lipinski definition) is 8. The number of carbonyl (C=O) groups is 3. The van der Waals surface area contributed by atoms with E-state index in [1.165, 1.54) is 29.1 Å². The molecule has 2 rings (SSSR count). The average molecular weight is 368 g/mol. The number of carbonyl (C=O) groups excluding carboxylic acids is 2. The van der Waals surface area contributed by atoms with Crippen LogP contribution in [0.5, 0.6) is 0 Å². The minimum absolute atomic E-state index is 0.0272. The Hall–Kier alpha value is -2.82. The van der Waals surface area contributed by atoms with Gasteiger partial charge in [0.15, 0.2) is 18.5 Å². The second-order valence-corrected chi connectivity index (χ2v) is 5.38. The molecule has 1 aliphatic heterocycles. The molecule has 1 saturated heterocycles. The van der Waals surface area contributed by atoms with E-state index < -0.39 is 42.4 Å². The van der Waals surface area contributed by atoms with Gasteiger partial charge in [0.05, 0.1) is 7.11 Å². The van der Waals surface area contributed by atoms with E-state index in [9.17, 15) is 24.6 Å². The Morgan fingerprint density at radius 1 is 1.23 bits per heavy atom. The number of esters is 2. The highest BCUT2D eigenvalue weighted by atomic mass is 16.6. The summed E-state index contributed by atoms with van der Waals surface area (Å²) in [7, 11) is 1.15. The lowest BCUT2D eigenvalue weighted by atomic mass is 10.1. The molecular weight excluding hydrogens is 350 g/mol. The fourth-order valence-electron chi connectivity index (χ4n) is 2.31. The van der Waals surface area contributed by atoms with Gasteiger partial charge in [0.2, 0.25) is 0 Å². The molecule has 0 spiro atoms. The zero-order chi connectivity index (χ0) is 19.3. The molecule has 1 fully saturated rings. The summed E-state index contributed by atoms with van der Waals surface area (Å²) in [5.74, 6) is -2.75. The fourth-order valence-corrected chi connectivity index (χ4v) is 2.31. The SMILES string of the molecule is COC(=O)/C=C/C(=O)OC[C@H]1O[C@@H]([n+]2cccc(C(=O)O)c2)[C@H](O)[C@@H]1O. The van der Waals surface area contributed by atoms with Gasteiger partial charge >= 0.3 is 17.9 Å². The third-order valence-corrected chi connectivity index (χ3v) is 3.65. The molecule has 1 aromatic rings. The van der Waals surface area contributed by atoms with Crippen LogP contribution in [0, 0.1) is 0 Å². The van der Waals surface area contributed by atoms with Gasteiger partial charge in [-0.2, -0.15) is 4.57 Å². The van der Waals surface area contributed by atoms with Crippen molar-refractivity contribution in [2.24, 2.45) is 0 Å². The summed E-state index contributed by atoms with van der Waals surface area (Å²) in [4.78, 5) is 33.4. The Balaban J connectivity index is 2.00. The molecule has 0 unspecified atom stereocenters. The molecule has 26 heavy (non-hydrogen) atoms. The smallest absolute Gasteiger partial charge is 0.341 e. The average Bonchev–Trinajstić information content (AvgIpc) is 2.92. The fraction of sp³-hybridized carbons (Fsp3) is 0.375. The Morgan fingerprint density at radius 3 is 2.58 bits per heavy atom. The number of aliphatic hydroxyl groups is 2. The van der Waals surface area contributed by atoms with E-state index in [-0.39, 0.29) is 12.2 Å². The summed E-state index contributed by atoms with van der Waals surface area (Å²) in [5.41, 5.74) is -0.0272. The lowest BCUT2D eigenvalue weighted by Crippen LogP contribution is -2.46. The summed E-state index contributed by atoms with van der Waals surface area (Å²) in [6.45, 7) is -0.377. The van der Waals surface area contributed by atoms with Crippen molar-refractivity contribution in [3.05, 3.63) is 42.2 Å². The number of carboxylic acid groups (broad SMARTS) is 1. The van der Waals surface area contributed by atoms with E-state index in [1.54, 1.807) is 0 Å². The normalized spacial score (nSPS) is 25.2. The number of methoxy groups -OCH3 is 1. The molecule has 10 nitrogen and oxygen atoms in total. The van der Waals surface area contributed by atoms with Gasteiger partial charge in [-0.15, -0.1) is 0 Å². The Morgan fingerprint density at radius 2 is 1.92 bits per heavy atom. The molecule has 1 aromatic heterocycles. The van der Waals surface area contributed by atoms with E-state index in [2.05, 4.69) is 4.74 Å². The molecule has 140 valence electrons. The van der Waals surface area contributed by atoms with E-state index in [0.717, 1.165) is 19.3 Å². The predicted molar refractivity (Wildman–Crippen MR) is 81.6 cm³/mol. The largest absolute Gasteiger partial charge is 0.477 e. The van der Waals surface area contributed by atoms with Crippen LogP contribution in [0.3, 0.4) is 0 Å². The molecule has 3 N–H and O–H groups in total. The Kier molecular flexibility index (Phi) is 6.39. The van der Waals surface area contributed by atoms with Crippen molar-refractivity contribution >= 4 is 17.9 Å². The first-order valence-corrected chi connectivity index (χ1v) is 7.52. The first-order chi connectivity index (χ1) is 12.3. The number of carboxylic acids is 1. The number of aliphatic hydroxyl groups excluding tert-OH is 2. The number of pyridine rings is 1. The molecule has 0 radical (unpaired) electrons. The van der Waals surface area contributed by atoms with Crippen molar-refractivity contribution in [1.82, 2.24) is 0 Å². The zero-order valence-electron chi connectivity index (χ0n) is 13.7. The molecule has 0 aliphatic carbocycles. The maximum absolute atomic E-state index is 11.5. The van der Waals surface area contributed by atoms with E-state index in [4.69, 9.17) is 14.6 Å². The second-order valence-electron chi connectivity index (χ2n) is 5.38. The standard InChI is InChI=1S/C16H17NO9/c1-24-11(18)4-5-12(19)25-8-10-13(20)14(21)15(26-10)17-6-2-3-9(7-17)16(22)23/h2-7,10,13-15,20-21H,8H2,1H3/p+1/b5-4+/t10-,13-,14-,15-/m1/s1. The van der Waals surface area contributed by atoms with Crippen LogP contribution >= 0.6 is 0 Å². The van der Waals surface area contributed by atoms with Crippen molar-refractivity contribution in [3.8, 4) is 0 Å². The van der Waals surface area contributed by atoms with Gasteiger partial charge in [-0.05, 0) is 6.07 Å². The van der Waals surface area contributed by atoms with Gasteiger partial charge in [-0.25, -0.2) is 14.4 Å². The molecule has 0 bridgehead atoms. The van der Waals surface area contributed by atoms with Gasteiger partial charge in [0.25, 0.3) is 6.23 Å². The Bertz CT molecular complexity index is 717. The third kappa shape index (κ3) is 4.63. The predicted octanol–water partition coefficient (Wildman–Crippen LogP) is -1.44. The Labute approximate surface area is 147 Å². The minimum atomic E-state index is -1.36. The van der Waals surface area contributed by atoms with Crippen LogP contribution in [0.1, 0.15) is 16.6 Å². The molecule has 4 atom stereocenters. The van der Waals surface area contributed by atoms with Crippen LogP contribution in [0.4, 0.5) is 0 Å². The second kappa shape index (κ2) is 8.52. The summed E-state index contributed by atoms with van der Waals surface area (Å²) in [5, 5.41) is 29.2. The summed E-state index contributed by atoms with van der Waals surface area (Å²) < 4.78 is 16.0. The molecule has 0 aromatic carbocycles. The number of hydrogen-bond donors (Lipinski definition) is 3. The maximum Gasteiger partial charge on any atom is 0.341 e. The van der Waals surface area contributed by atoms with Crippen molar-refractivity contribution in [1.29, 1.82) is 0 Å². The molecule has 2 heterocycles. The van der Waals surface area contributed by atoms with Crippen molar-refractivity contribution in [3.63, 3.8) is 0 Å². The minimum Gasteiger partial charge on any atom is -0.477 e. The van der Waals surface area contributed by atoms with E-state index in [1.807, 2.05) is 0 Å². The van der Waals surface area contributed by atoms with Gasteiger partial charge in [-0.1, -0.05) is 0 Å². The summed E-state index contributed by atoms with van der Waals surface area (Å²) in [6.07, 6.45) is -0.371. The van der Waals surface area contributed by atoms with Gasteiger partial charge < -0.3 is 29.5 Å². The maximum atomic E-state index is 11.5. The van der Waals surface area contributed by atoms with Gasteiger partial charge in [0.1, 0.15) is 24.4 Å². The molecule has 0 saturated carbocycles.